The fraction of sp³-hybridized carbons (Fsp3) is 0.200. The standard InChI is InChI=1S/C10H9F3N4OS/c11-10(12,13)6-3-15-17(4-6)5-7-1-2-8(19-7)9(18)16-14/h1-4H,5,14H2,(H,16,18). The maximum Gasteiger partial charge on any atom is 0.419 e. The molecule has 0 saturated heterocycles. The fourth-order valence-electron chi connectivity index (χ4n) is 1.41. The van der Waals surface area contributed by atoms with Crippen molar-refractivity contribution in [3.05, 3.63) is 39.8 Å². The predicted octanol–water partition coefficient (Wildman–Crippen LogP) is 1.62. The molecule has 102 valence electrons. The molecule has 0 atom stereocenters. The van der Waals surface area contributed by atoms with Crippen molar-refractivity contribution in [3.8, 4) is 0 Å². The SMILES string of the molecule is NNC(=O)c1ccc(Cn2cc(C(F)(F)F)cn2)s1. The molecule has 1 amide bonds. The smallest absolute Gasteiger partial charge is 0.289 e. The third-order valence-electron chi connectivity index (χ3n) is 2.29. The van der Waals surface area contributed by atoms with Gasteiger partial charge in [-0.3, -0.25) is 14.9 Å². The normalized spacial score (nSPS) is 11.6. The monoisotopic (exact) mass is 290 g/mol. The number of hydrogen-bond donors (Lipinski definition) is 2. The lowest BCUT2D eigenvalue weighted by atomic mass is 10.3. The number of nitrogens with zero attached hydrogens (tertiary/aromatic N) is 2. The zero-order valence-corrected chi connectivity index (χ0v) is 10.3. The summed E-state index contributed by atoms with van der Waals surface area (Å²) in [6.07, 6.45) is -2.72. The number of carbonyl (C=O) groups is 1. The second-order valence-corrected chi connectivity index (χ2v) is 4.83. The molecule has 2 aromatic rings. The van der Waals surface area contributed by atoms with E-state index < -0.39 is 17.6 Å². The molecular weight excluding hydrogens is 281 g/mol. The minimum Gasteiger partial charge on any atom is -0.289 e. The maximum absolute atomic E-state index is 12.4. The van der Waals surface area contributed by atoms with Gasteiger partial charge in [-0.05, 0) is 12.1 Å². The minimum absolute atomic E-state index is 0.165. The van der Waals surface area contributed by atoms with Crippen LogP contribution < -0.4 is 11.3 Å². The molecule has 2 aromatic heterocycles. The van der Waals surface area contributed by atoms with Crippen molar-refractivity contribution in [2.24, 2.45) is 5.84 Å². The van der Waals surface area contributed by atoms with Crippen LogP contribution in [0.2, 0.25) is 0 Å². The van der Waals surface area contributed by atoms with Crippen LogP contribution in [0, 0.1) is 0 Å². The molecule has 9 heteroatoms. The number of nitrogens with one attached hydrogen (secondary N) is 1. The van der Waals surface area contributed by atoms with E-state index in [1.54, 1.807) is 12.1 Å². The van der Waals surface area contributed by atoms with E-state index in [0.717, 1.165) is 23.7 Å². The molecule has 0 aromatic carbocycles. The summed E-state index contributed by atoms with van der Waals surface area (Å²) in [7, 11) is 0. The van der Waals surface area contributed by atoms with Crippen molar-refractivity contribution >= 4 is 17.2 Å². The van der Waals surface area contributed by atoms with Crippen LogP contribution in [0.3, 0.4) is 0 Å². The number of rotatable bonds is 3. The van der Waals surface area contributed by atoms with E-state index in [-0.39, 0.29) is 6.54 Å². The van der Waals surface area contributed by atoms with Crippen LogP contribution in [0.15, 0.2) is 24.5 Å². The van der Waals surface area contributed by atoms with Crippen molar-refractivity contribution in [2.45, 2.75) is 12.7 Å². The van der Waals surface area contributed by atoms with Crippen molar-refractivity contribution in [3.63, 3.8) is 0 Å². The molecule has 5 nitrogen and oxygen atoms in total. The molecule has 0 radical (unpaired) electrons. The number of thiophene rings is 1. The van der Waals surface area contributed by atoms with Crippen molar-refractivity contribution < 1.29 is 18.0 Å². The summed E-state index contributed by atoms with van der Waals surface area (Å²) in [5.74, 6) is 4.54. The summed E-state index contributed by atoms with van der Waals surface area (Å²) in [5, 5.41) is 3.63. The average Bonchev–Trinajstić information content (AvgIpc) is 2.97. The zero-order valence-electron chi connectivity index (χ0n) is 9.44. The van der Waals surface area contributed by atoms with E-state index in [1.165, 1.54) is 4.68 Å². The first-order chi connectivity index (χ1) is 8.90. The number of alkyl halides is 3. The number of amides is 1. The molecule has 19 heavy (non-hydrogen) atoms. The Kier molecular flexibility index (Phi) is 3.58. The topological polar surface area (TPSA) is 72.9 Å². The Balaban J connectivity index is 2.11. The van der Waals surface area contributed by atoms with Crippen LogP contribution in [0.4, 0.5) is 13.2 Å². The summed E-state index contributed by atoms with van der Waals surface area (Å²) >= 11 is 1.14. The van der Waals surface area contributed by atoms with E-state index in [4.69, 9.17) is 5.84 Å². The fourth-order valence-corrected chi connectivity index (χ4v) is 2.32. The second kappa shape index (κ2) is 5.02. The molecule has 0 bridgehead atoms. The third-order valence-corrected chi connectivity index (χ3v) is 3.36. The van der Waals surface area contributed by atoms with Crippen molar-refractivity contribution in [1.82, 2.24) is 15.2 Å². The van der Waals surface area contributed by atoms with Gasteiger partial charge < -0.3 is 0 Å². The molecule has 0 fully saturated rings. The second-order valence-electron chi connectivity index (χ2n) is 3.66. The lowest BCUT2D eigenvalue weighted by molar-refractivity contribution is -0.137. The molecule has 0 aliphatic carbocycles. The Hall–Kier alpha value is -1.87. The van der Waals surface area contributed by atoms with Gasteiger partial charge in [0.2, 0.25) is 0 Å². The quantitative estimate of drug-likeness (QED) is 0.512. The first-order valence-corrected chi connectivity index (χ1v) is 5.91. The zero-order chi connectivity index (χ0) is 14.0. The number of nitrogen functional groups attached to an aromatic ring is 1. The van der Waals surface area contributed by atoms with Gasteiger partial charge in [0.25, 0.3) is 5.91 Å². The molecule has 0 unspecified atom stereocenters. The summed E-state index contributed by atoms with van der Waals surface area (Å²) in [6.45, 7) is 0.165. The van der Waals surface area contributed by atoms with Gasteiger partial charge in [0.1, 0.15) is 0 Å². The van der Waals surface area contributed by atoms with E-state index in [0.29, 0.717) is 9.75 Å². The molecule has 0 spiro atoms. The van der Waals surface area contributed by atoms with Crippen LogP contribution in [-0.2, 0) is 12.7 Å². The molecule has 0 saturated carbocycles. The van der Waals surface area contributed by atoms with E-state index in [1.807, 2.05) is 5.43 Å². The molecule has 2 heterocycles. The number of hydrazine groups is 1. The highest BCUT2D eigenvalue weighted by Gasteiger charge is 2.32. The van der Waals surface area contributed by atoms with Crippen LogP contribution in [0.25, 0.3) is 0 Å². The Labute approximate surface area is 109 Å². The number of nitrogens with two attached hydrogens (primary N) is 1. The highest BCUT2D eigenvalue weighted by molar-refractivity contribution is 7.14. The highest BCUT2D eigenvalue weighted by atomic mass is 32.1. The van der Waals surface area contributed by atoms with E-state index in [9.17, 15) is 18.0 Å². The van der Waals surface area contributed by atoms with Crippen molar-refractivity contribution in [2.75, 3.05) is 0 Å². The van der Waals surface area contributed by atoms with E-state index in [2.05, 4.69) is 5.10 Å². The number of hydrogen-bond acceptors (Lipinski definition) is 4. The van der Waals surface area contributed by atoms with E-state index >= 15 is 0 Å². The largest absolute Gasteiger partial charge is 0.419 e. The Bertz CT molecular complexity index is 590. The third kappa shape index (κ3) is 3.12. The van der Waals surface area contributed by atoms with Gasteiger partial charge in [-0.25, -0.2) is 5.84 Å². The summed E-state index contributed by atoms with van der Waals surface area (Å²) in [6, 6.07) is 3.19. The Morgan fingerprint density at radius 2 is 2.21 bits per heavy atom. The lowest BCUT2D eigenvalue weighted by Crippen LogP contribution is -2.29. The van der Waals surface area contributed by atoms with Gasteiger partial charge in [-0.1, -0.05) is 0 Å². The summed E-state index contributed by atoms with van der Waals surface area (Å²) in [4.78, 5) is 12.3. The average molecular weight is 290 g/mol. The van der Waals surface area contributed by atoms with Crippen LogP contribution in [0.5, 0.6) is 0 Å². The van der Waals surface area contributed by atoms with Gasteiger partial charge in [-0.2, -0.15) is 18.3 Å². The minimum atomic E-state index is -4.40. The van der Waals surface area contributed by atoms with Gasteiger partial charge >= 0.3 is 6.18 Å². The Morgan fingerprint density at radius 3 is 2.79 bits per heavy atom. The number of aromatic nitrogens is 2. The first kappa shape index (κ1) is 13.6. The molecule has 0 aliphatic heterocycles. The van der Waals surface area contributed by atoms with Crippen LogP contribution in [0.1, 0.15) is 20.1 Å². The summed E-state index contributed by atoms with van der Waals surface area (Å²) in [5.41, 5.74) is 1.18. The van der Waals surface area contributed by atoms with Gasteiger partial charge in [-0.15, -0.1) is 11.3 Å². The molecule has 3 N–H and O–H groups in total. The van der Waals surface area contributed by atoms with Crippen LogP contribution >= 0.6 is 11.3 Å². The first-order valence-electron chi connectivity index (χ1n) is 5.09. The lowest BCUT2D eigenvalue weighted by Gasteiger charge is -2.01. The maximum atomic E-state index is 12.4. The van der Waals surface area contributed by atoms with Gasteiger partial charge in [0.15, 0.2) is 0 Å². The molecular formula is C10H9F3N4OS. The number of halogens is 3. The van der Waals surface area contributed by atoms with Gasteiger partial charge in [0.05, 0.1) is 23.2 Å². The van der Waals surface area contributed by atoms with Gasteiger partial charge in [0, 0.05) is 11.1 Å². The number of carbonyl (C=O) groups excluding carboxylic acids is 1. The molecule has 2 rings (SSSR count). The highest BCUT2D eigenvalue weighted by Crippen LogP contribution is 2.28. The Morgan fingerprint density at radius 1 is 1.47 bits per heavy atom. The molecule has 0 aliphatic rings. The van der Waals surface area contributed by atoms with Crippen molar-refractivity contribution in [1.29, 1.82) is 0 Å². The predicted molar refractivity (Wildman–Crippen MR) is 62.3 cm³/mol. The summed E-state index contributed by atoms with van der Waals surface area (Å²) < 4.78 is 38.3. The van der Waals surface area contributed by atoms with Crippen LogP contribution in [-0.4, -0.2) is 15.7 Å².